The van der Waals surface area contributed by atoms with Gasteiger partial charge in [0.15, 0.2) is 0 Å². The molecule has 5 N–H and O–H groups in total. The number of nitrogens with two attached hydrogens (primary N) is 1. The van der Waals surface area contributed by atoms with Gasteiger partial charge in [-0.3, -0.25) is 14.6 Å². The molecular formula is C27H39N5O7S2. The van der Waals surface area contributed by atoms with E-state index < -0.39 is 61.5 Å². The van der Waals surface area contributed by atoms with Gasteiger partial charge < -0.3 is 21.2 Å². The molecule has 0 spiro atoms. The molecular weight excluding hydrogens is 570 g/mol. The van der Waals surface area contributed by atoms with Crippen LogP contribution >= 0.6 is 0 Å². The van der Waals surface area contributed by atoms with Gasteiger partial charge in [0.1, 0.15) is 28.2 Å². The molecule has 0 aliphatic heterocycles. The summed E-state index contributed by atoms with van der Waals surface area (Å²) in [7, 11) is -7.80. The molecule has 2 amide bonds. The molecule has 0 bridgehead atoms. The van der Waals surface area contributed by atoms with Crippen LogP contribution in [0.5, 0.6) is 0 Å². The van der Waals surface area contributed by atoms with E-state index in [1.54, 1.807) is 39.0 Å². The number of rotatable bonds is 16. The number of carbonyl (C=O) groups excluding carboxylic acids is 3. The number of sulfonamides is 1. The first-order chi connectivity index (χ1) is 19.1. The maximum Gasteiger partial charge on any atom is 0.243 e. The quantitative estimate of drug-likeness (QED) is 0.0933. The van der Waals surface area contributed by atoms with Crippen molar-refractivity contribution in [3.05, 3.63) is 42.5 Å². The number of nitrogens with zero attached hydrogens (tertiary/aromatic N) is 1. The summed E-state index contributed by atoms with van der Waals surface area (Å²) in [5.41, 5.74) is 5.50. The second kappa shape index (κ2) is 15.0. The van der Waals surface area contributed by atoms with Gasteiger partial charge in [-0.25, -0.2) is 16.8 Å². The van der Waals surface area contributed by atoms with Crippen LogP contribution in [0.2, 0.25) is 0 Å². The zero-order valence-electron chi connectivity index (χ0n) is 23.7. The summed E-state index contributed by atoms with van der Waals surface area (Å²) in [5.74, 6) is -2.02. The van der Waals surface area contributed by atoms with Gasteiger partial charge in [-0.1, -0.05) is 44.2 Å². The van der Waals surface area contributed by atoms with Crippen molar-refractivity contribution >= 4 is 54.6 Å². The number of aliphatic imine (C=N–C) groups is 1. The van der Waals surface area contributed by atoms with E-state index in [-0.39, 0.29) is 11.3 Å². The fourth-order valence-electron chi connectivity index (χ4n) is 3.97. The molecule has 14 heteroatoms. The molecule has 0 radical (unpaired) electrons. The number of nitrogens with one attached hydrogen (secondary N) is 3. The summed E-state index contributed by atoms with van der Waals surface area (Å²) in [6.07, 6.45) is 1.99. The smallest absolute Gasteiger partial charge is 0.243 e. The highest BCUT2D eigenvalue weighted by atomic mass is 32.2. The number of hydrogen-bond acceptors (Lipinski definition) is 8. The molecule has 0 heterocycles. The van der Waals surface area contributed by atoms with Crippen molar-refractivity contribution in [2.75, 3.05) is 18.6 Å². The minimum absolute atomic E-state index is 0.102. The van der Waals surface area contributed by atoms with Crippen LogP contribution in [0, 0.1) is 5.92 Å². The maximum absolute atomic E-state index is 13.3. The van der Waals surface area contributed by atoms with E-state index in [1.165, 1.54) is 12.1 Å². The largest absolute Gasteiger partial charge is 0.388 e. The van der Waals surface area contributed by atoms with Gasteiger partial charge in [0.2, 0.25) is 21.8 Å². The summed E-state index contributed by atoms with van der Waals surface area (Å²) >= 11 is 0. The van der Waals surface area contributed by atoms with Gasteiger partial charge >= 0.3 is 0 Å². The van der Waals surface area contributed by atoms with Crippen LogP contribution < -0.4 is 21.1 Å². The molecule has 226 valence electrons. The number of amidine groups is 1. The number of aldehydes is 1. The van der Waals surface area contributed by atoms with Crippen molar-refractivity contribution in [1.29, 1.82) is 0 Å². The fourth-order valence-corrected chi connectivity index (χ4v) is 5.90. The molecule has 0 aromatic heterocycles. The fraction of sp³-hybridized carbons (Fsp3) is 0.481. The average Bonchev–Trinajstić information content (AvgIpc) is 2.89. The van der Waals surface area contributed by atoms with Gasteiger partial charge in [-0.2, -0.15) is 4.72 Å². The van der Waals surface area contributed by atoms with Crippen LogP contribution in [-0.4, -0.2) is 77.5 Å². The zero-order chi connectivity index (χ0) is 30.8. The number of fused-ring (bicyclic) bond motifs is 1. The zero-order valence-corrected chi connectivity index (χ0v) is 25.3. The standard InChI is InChI=1S/C27H39N5O7S2/c1-18(2)25(27(35)30-22(17-33)10-7-14-29-19(3)28)31-26(34)24(13-15-40(4,36)37)32-41(38,39)23-12-11-20-8-5-6-9-21(20)16-23/h5-6,8-9,11-12,16-18,22,24-25,32H,7,10,13-15H2,1-4H3,(H2,28,29)(H,30,35)(H,31,34). The van der Waals surface area contributed by atoms with Crippen LogP contribution in [0.15, 0.2) is 52.4 Å². The normalized spacial score (nSPS) is 14.8. The molecule has 0 saturated carbocycles. The molecule has 3 unspecified atom stereocenters. The second-order valence-corrected chi connectivity index (χ2v) is 14.2. The van der Waals surface area contributed by atoms with Gasteiger partial charge in [0.05, 0.1) is 22.5 Å². The molecule has 0 saturated heterocycles. The monoisotopic (exact) mass is 609 g/mol. The Hall–Kier alpha value is -3.36. The maximum atomic E-state index is 13.3. The van der Waals surface area contributed by atoms with E-state index in [1.807, 2.05) is 12.1 Å². The third-order valence-corrected chi connectivity index (χ3v) is 8.64. The van der Waals surface area contributed by atoms with E-state index in [0.717, 1.165) is 11.6 Å². The second-order valence-electron chi connectivity index (χ2n) is 10.2. The van der Waals surface area contributed by atoms with Gasteiger partial charge in [0.25, 0.3) is 0 Å². The van der Waals surface area contributed by atoms with Crippen LogP contribution in [0.4, 0.5) is 0 Å². The van der Waals surface area contributed by atoms with Gasteiger partial charge in [0, 0.05) is 12.8 Å². The Labute approximate surface area is 241 Å². The Kier molecular flexibility index (Phi) is 12.4. The van der Waals surface area contributed by atoms with E-state index in [4.69, 9.17) is 5.73 Å². The molecule has 2 rings (SSSR count). The van der Waals surface area contributed by atoms with Crippen LogP contribution in [0.3, 0.4) is 0 Å². The number of sulfone groups is 1. The average molecular weight is 610 g/mol. The molecule has 0 aliphatic rings. The van der Waals surface area contributed by atoms with E-state index in [0.29, 0.717) is 36.9 Å². The molecule has 3 atom stereocenters. The first-order valence-electron chi connectivity index (χ1n) is 13.1. The van der Waals surface area contributed by atoms with Crippen molar-refractivity contribution in [2.45, 2.75) is 63.1 Å². The minimum atomic E-state index is -4.25. The summed E-state index contributed by atoms with van der Waals surface area (Å²) < 4.78 is 52.5. The molecule has 0 aliphatic carbocycles. The van der Waals surface area contributed by atoms with Crippen molar-refractivity contribution in [1.82, 2.24) is 15.4 Å². The Morgan fingerprint density at radius 3 is 2.22 bits per heavy atom. The Morgan fingerprint density at radius 2 is 1.63 bits per heavy atom. The van der Waals surface area contributed by atoms with Crippen molar-refractivity contribution in [3.63, 3.8) is 0 Å². The lowest BCUT2D eigenvalue weighted by molar-refractivity contribution is -0.131. The molecule has 2 aromatic carbocycles. The van der Waals surface area contributed by atoms with E-state index >= 15 is 0 Å². The van der Waals surface area contributed by atoms with Crippen molar-refractivity contribution in [3.8, 4) is 0 Å². The highest BCUT2D eigenvalue weighted by Crippen LogP contribution is 2.19. The van der Waals surface area contributed by atoms with Crippen LogP contribution in [0.25, 0.3) is 10.8 Å². The highest BCUT2D eigenvalue weighted by Gasteiger charge is 2.32. The lowest BCUT2D eigenvalue weighted by atomic mass is 10.0. The summed E-state index contributed by atoms with van der Waals surface area (Å²) in [6, 6.07) is 8.16. The number of carbonyl (C=O) groups is 3. The predicted octanol–water partition coefficient (Wildman–Crippen LogP) is 0.903. The topological polar surface area (TPSA) is 194 Å². The number of hydrogen-bond donors (Lipinski definition) is 4. The van der Waals surface area contributed by atoms with Gasteiger partial charge in [-0.15, -0.1) is 0 Å². The minimum Gasteiger partial charge on any atom is -0.388 e. The summed E-state index contributed by atoms with van der Waals surface area (Å²) in [4.78, 5) is 41.8. The third-order valence-electron chi connectivity index (χ3n) is 6.20. The molecule has 2 aromatic rings. The SMILES string of the molecule is CC(N)=NCCCC(C=O)NC(=O)C(NC(=O)C(CCS(C)(=O)=O)NS(=O)(=O)c1ccc2ccccc2c1)C(C)C. The lowest BCUT2D eigenvalue weighted by Crippen LogP contribution is -2.57. The first-order valence-corrected chi connectivity index (χ1v) is 16.7. The lowest BCUT2D eigenvalue weighted by Gasteiger charge is -2.26. The first kappa shape index (κ1) is 33.8. The number of amides is 2. The highest BCUT2D eigenvalue weighted by molar-refractivity contribution is 7.90. The van der Waals surface area contributed by atoms with Crippen LogP contribution in [0.1, 0.15) is 40.0 Å². The van der Waals surface area contributed by atoms with E-state index in [2.05, 4.69) is 20.3 Å². The molecule has 12 nitrogen and oxygen atoms in total. The van der Waals surface area contributed by atoms with Crippen LogP contribution in [-0.2, 0) is 34.2 Å². The molecule has 41 heavy (non-hydrogen) atoms. The van der Waals surface area contributed by atoms with Crippen molar-refractivity contribution in [2.24, 2.45) is 16.6 Å². The van der Waals surface area contributed by atoms with Gasteiger partial charge in [-0.05, 0) is 55.0 Å². The summed E-state index contributed by atoms with van der Waals surface area (Å²) in [6.45, 7) is 5.36. The molecule has 0 fully saturated rings. The van der Waals surface area contributed by atoms with E-state index in [9.17, 15) is 31.2 Å². The Bertz CT molecular complexity index is 1470. The summed E-state index contributed by atoms with van der Waals surface area (Å²) in [5, 5.41) is 6.62. The predicted molar refractivity (Wildman–Crippen MR) is 159 cm³/mol. The Morgan fingerprint density at radius 1 is 0.976 bits per heavy atom. The Balaban J connectivity index is 2.23. The van der Waals surface area contributed by atoms with Crippen molar-refractivity contribution < 1.29 is 31.2 Å². The third kappa shape index (κ3) is 11.2. The number of benzene rings is 2.